The van der Waals surface area contributed by atoms with Crippen LogP contribution in [0.1, 0.15) is 0 Å². The SMILES string of the molecule is CS(=N)(=O)c1ccncc1F. The minimum Gasteiger partial charge on any atom is -0.262 e. The highest BCUT2D eigenvalue weighted by molar-refractivity contribution is 7.91. The topological polar surface area (TPSA) is 53.8 Å². The van der Waals surface area contributed by atoms with E-state index in [4.69, 9.17) is 4.78 Å². The van der Waals surface area contributed by atoms with E-state index in [9.17, 15) is 8.60 Å². The van der Waals surface area contributed by atoms with Crippen LogP contribution in [-0.4, -0.2) is 15.4 Å². The molecule has 0 bridgehead atoms. The molecule has 5 heteroatoms. The summed E-state index contributed by atoms with van der Waals surface area (Å²) in [6, 6.07) is 1.25. The Hall–Kier alpha value is -0.970. The lowest BCUT2D eigenvalue weighted by molar-refractivity contribution is 0.587. The second-order valence-electron chi connectivity index (χ2n) is 2.15. The number of nitrogens with zero attached hydrogens (tertiary/aromatic N) is 1. The molecule has 1 atom stereocenters. The zero-order valence-electron chi connectivity index (χ0n) is 5.87. The van der Waals surface area contributed by atoms with E-state index in [2.05, 4.69) is 4.98 Å². The molecule has 1 aromatic rings. The fraction of sp³-hybridized carbons (Fsp3) is 0.167. The predicted molar refractivity (Wildman–Crippen MR) is 39.2 cm³/mol. The van der Waals surface area contributed by atoms with Crippen molar-refractivity contribution in [1.29, 1.82) is 4.78 Å². The summed E-state index contributed by atoms with van der Waals surface area (Å²) in [5.41, 5.74) is 0. The van der Waals surface area contributed by atoms with Gasteiger partial charge in [-0.2, -0.15) is 0 Å². The summed E-state index contributed by atoms with van der Waals surface area (Å²) >= 11 is 0. The number of halogens is 1. The molecule has 11 heavy (non-hydrogen) atoms. The Balaban J connectivity index is 3.37. The summed E-state index contributed by atoms with van der Waals surface area (Å²) in [7, 11) is -2.95. The summed E-state index contributed by atoms with van der Waals surface area (Å²) in [4.78, 5) is 3.38. The van der Waals surface area contributed by atoms with Crippen LogP contribution in [-0.2, 0) is 9.73 Å². The fourth-order valence-electron chi connectivity index (χ4n) is 0.678. The number of hydrogen-bond acceptors (Lipinski definition) is 3. The van der Waals surface area contributed by atoms with Gasteiger partial charge in [-0.05, 0) is 6.07 Å². The molecule has 0 amide bonds. The molecule has 60 valence electrons. The van der Waals surface area contributed by atoms with Crippen molar-refractivity contribution in [2.75, 3.05) is 6.26 Å². The molecule has 1 N–H and O–H groups in total. The van der Waals surface area contributed by atoms with Crippen LogP contribution in [0.2, 0.25) is 0 Å². The molecule has 0 saturated carbocycles. The molecule has 1 unspecified atom stereocenters. The maximum atomic E-state index is 12.7. The highest BCUT2D eigenvalue weighted by Crippen LogP contribution is 2.11. The molecular weight excluding hydrogens is 167 g/mol. The minimum absolute atomic E-state index is 0.0903. The van der Waals surface area contributed by atoms with Crippen molar-refractivity contribution in [2.24, 2.45) is 0 Å². The van der Waals surface area contributed by atoms with Crippen LogP contribution in [0.3, 0.4) is 0 Å². The molecule has 1 aromatic heterocycles. The molecule has 1 rings (SSSR count). The van der Waals surface area contributed by atoms with Crippen molar-refractivity contribution < 1.29 is 8.60 Å². The van der Waals surface area contributed by atoms with Gasteiger partial charge < -0.3 is 0 Å². The quantitative estimate of drug-likeness (QED) is 0.696. The summed E-state index contributed by atoms with van der Waals surface area (Å²) in [5, 5.41) is 0. The van der Waals surface area contributed by atoms with E-state index in [1.807, 2.05) is 0 Å². The van der Waals surface area contributed by atoms with Crippen LogP contribution in [0.25, 0.3) is 0 Å². The van der Waals surface area contributed by atoms with Crippen molar-refractivity contribution in [1.82, 2.24) is 4.98 Å². The monoisotopic (exact) mass is 174 g/mol. The van der Waals surface area contributed by atoms with Crippen molar-refractivity contribution in [3.63, 3.8) is 0 Å². The Bertz CT molecular complexity index is 361. The Labute approximate surface area is 64.3 Å². The van der Waals surface area contributed by atoms with E-state index < -0.39 is 15.5 Å². The molecular formula is C6H7FN2OS. The number of aromatic nitrogens is 1. The maximum Gasteiger partial charge on any atom is 0.158 e. The molecule has 0 fully saturated rings. The highest BCUT2D eigenvalue weighted by atomic mass is 32.2. The second-order valence-corrected chi connectivity index (χ2v) is 4.28. The lowest BCUT2D eigenvalue weighted by Crippen LogP contribution is -1.98. The molecule has 0 aromatic carbocycles. The van der Waals surface area contributed by atoms with E-state index in [-0.39, 0.29) is 4.90 Å². The summed E-state index contributed by atoms with van der Waals surface area (Å²) in [6.07, 6.45) is 3.44. The first kappa shape index (κ1) is 8.13. The van der Waals surface area contributed by atoms with Gasteiger partial charge in [0.25, 0.3) is 0 Å². The summed E-state index contributed by atoms with van der Waals surface area (Å²) in [5.74, 6) is -0.685. The van der Waals surface area contributed by atoms with Crippen molar-refractivity contribution >= 4 is 9.73 Å². The van der Waals surface area contributed by atoms with Gasteiger partial charge in [0, 0.05) is 12.5 Å². The van der Waals surface area contributed by atoms with E-state index >= 15 is 0 Å². The standard InChI is InChI=1S/C6H7FN2OS/c1-11(8,10)6-2-3-9-4-5(6)7/h2-4,8H,1H3. The third-order valence-electron chi connectivity index (χ3n) is 1.15. The summed E-state index contributed by atoms with van der Waals surface area (Å²) in [6.45, 7) is 0. The zero-order chi connectivity index (χ0) is 8.48. The average Bonchev–Trinajstić information content (AvgIpc) is 1.86. The largest absolute Gasteiger partial charge is 0.262 e. The first-order chi connectivity index (χ1) is 5.02. The van der Waals surface area contributed by atoms with E-state index in [0.29, 0.717) is 0 Å². The van der Waals surface area contributed by atoms with Gasteiger partial charge >= 0.3 is 0 Å². The normalized spacial score (nSPS) is 15.8. The van der Waals surface area contributed by atoms with E-state index in [1.54, 1.807) is 0 Å². The summed E-state index contributed by atoms with van der Waals surface area (Å²) < 4.78 is 30.8. The Kier molecular flexibility index (Phi) is 1.90. The minimum atomic E-state index is -2.95. The van der Waals surface area contributed by atoms with Crippen LogP contribution in [0.5, 0.6) is 0 Å². The third kappa shape index (κ3) is 1.74. The third-order valence-corrected chi connectivity index (χ3v) is 2.33. The van der Waals surface area contributed by atoms with Gasteiger partial charge in [0.15, 0.2) is 5.82 Å². The van der Waals surface area contributed by atoms with Gasteiger partial charge in [-0.15, -0.1) is 0 Å². The molecule has 0 aliphatic heterocycles. The number of nitrogens with one attached hydrogen (secondary N) is 1. The Morgan fingerprint density at radius 3 is 2.73 bits per heavy atom. The van der Waals surface area contributed by atoms with Gasteiger partial charge in [-0.3, -0.25) is 4.98 Å². The van der Waals surface area contributed by atoms with Crippen molar-refractivity contribution in [2.45, 2.75) is 4.90 Å². The molecule has 3 nitrogen and oxygen atoms in total. The first-order valence-electron chi connectivity index (χ1n) is 2.85. The lowest BCUT2D eigenvalue weighted by atomic mass is 10.5. The molecule has 0 aliphatic rings. The predicted octanol–water partition coefficient (Wildman–Crippen LogP) is 1.26. The first-order valence-corrected chi connectivity index (χ1v) is 4.82. The second kappa shape index (κ2) is 2.58. The molecule has 1 heterocycles. The number of hydrogen-bond donors (Lipinski definition) is 1. The van der Waals surface area contributed by atoms with Gasteiger partial charge in [0.05, 0.1) is 20.8 Å². The van der Waals surface area contributed by atoms with Gasteiger partial charge in [0.2, 0.25) is 0 Å². The molecule has 0 aliphatic carbocycles. The Morgan fingerprint density at radius 2 is 2.36 bits per heavy atom. The van der Waals surface area contributed by atoms with Gasteiger partial charge in [0.1, 0.15) is 0 Å². The molecule has 0 saturated heterocycles. The van der Waals surface area contributed by atoms with Crippen molar-refractivity contribution in [3.05, 3.63) is 24.3 Å². The Morgan fingerprint density at radius 1 is 1.73 bits per heavy atom. The van der Waals surface area contributed by atoms with Gasteiger partial charge in [-0.25, -0.2) is 13.4 Å². The van der Waals surface area contributed by atoms with Crippen LogP contribution in [0.4, 0.5) is 4.39 Å². The smallest absolute Gasteiger partial charge is 0.158 e. The lowest BCUT2D eigenvalue weighted by Gasteiger charge is -1.99. The van der Waals surface area contributed by atoms with Crippen LogP contribution in [0, 0.1) is 10.6 Å². The van der Waals surface area contributed by atoms with Gasteiger partial charge in [-0.1, -0.05) is 0 Å². The zero-order valence-corrected chi connectivity index (χ0v) is 6.69. The fourth-order valence-corrected chi connectivity index (χ4v) is 1.42. The van der Waals surface area contributed by atoms with Crippen LogP contribution >= 0.6 is 0 Å². The van der Waals surface area contributed by atoms with E-state index in [0.717, 1.165) is 6.20 Å². The van der Waals surface area contributed by atoms with Crippen LogP contribution < -0.4 is 0 Å². The maximum absolute atomic E-state index is 12.7. The molecule has 0 radical (unpaired) electrons. The van der Waals surface area contributed by atoms with Crippen LogP contribution in [0.15, 0.2) is 23.4 Å². The number of rotatable bonds is 1. The highest BCUT2D eigenvalue weighted by Gasteiger charge is 2.08. The molecule has 0 spiro atoms. The average molecular weight is 174 g/mol. The van der Waals surface area contributed by atoms with Crippen molar-refractivity contribution in [3.8, 4) is 0 Å². The van der Waals surface area contributed by atoms with E-state index in [1.165, 1.54) is 18.5 Å². The number of pyridine rings is 1.